The van der Waals surface area contributed by atoms with Gasteiger partial charge in [0.1, 0.15) is 12.0 Å². The molecule has 0 aliphatic heterocycles. The number of nitrogens with zero attached hydrogens (tertiary/aromatic N) is 2. The van der Waals surface area contributed by atoms with E-state index in [9.17, 15) is 0 Å². The summed E-state index contributed by atoms with van der Waals surface area (Å²) in [4.78, 5) is 4.50. The molecule has 1 heterocycles. The summed E-state index contributed by atoms with van der Waals surface area (Å²) in [5.74, 6) is 0.842. The molecule has 1 rings (SSSR count). The molecule has 0 spiro atoms. The van der Waals surface area contributed by atoms with Crippen LogP contribution in [0.3, 0.4) is 0 Å². The van der Waals surface area contributed by atoms with Crippen LogP contribution >= 0.6 is 0 Å². The van der Waals surface area contributed by atoms with E-state index in [0.717, 1.165) is 18.2 Å². The highest BCUT2D eigenvalue weighted by Gasteiger charge is 2.05. The van der Waals surface area contributed by atoms with Gasteiger partial charge in [-0.3, -0.25) is 0 Å². The van der Waals surface area contributed by atoms with Crippen molar-refractivity contribution in [2.75, 3.05) is 6.54 Å². The molecule has 108 valence electrons. The molecular weight excluding hydrogens is 240 g/mol. The Balaban J connectivity index is 2.40. The molecule has 19 heavy (non-hydrogen) atoms. The van der Waals surface area contributed by atoms with E-state index in [1.165, 1.54) is 25.7 Å². The summed E-state index contributed by atoms with van der Waals surface area (Å²) in [6.07, 6.45) is 6.54. The van der Waals surface area contributed by atoms with Crippen molar-refractivity contribution < 1.29 is 4.52 Å². The molecule has 2 N–H and O–H groups in total. The summed E-state index contributed by atoms with van der Waals surface area (Å²) in [6.45, 7) is 7.87. The minimum absolute atomic E-state index is 0.432. The quantitative estimate of drug-likeness (QED) is 0.431. The maximum absolute atomic E-state index is 4.79. The SMILES string of the molecule is CCCCCC(C)NC(=NCc1ccon1)NCC. The van der Waals surface area contributed by atoms with Crippen molar-refractivity contribution in [3.63, 3.8) is 0 Å². The Morgan fingerprint density at radius 3 is 2.89 bits per heavy atom. The largest absolute Gasteiger partial charge is 0.364 e. The van der Waals surface area contributed by atoms with E-state index in [2.05, 4.69) is 41.6 Å². The molecule has 0 aliphatic carbocycles. The number of hydrogen-bond acceptors (Lipinski definition) is 3. The zero-order valence-electron chi connectivity index (χ0n) is 12.3. The monoisotopic (exact) mass is 266 g/mol. The molecule has 1 unspecified atom stereocenters. The van der Waals surface area contributed by atoms with Crippen LogP contribution in [0.1, 0.15) is 52.1 Å². The van der Waals surface area contributed by atoms with Crippen molar-refractivity contribution in [2.24, 2.45) is 4.99 Å². The van der Waals surface area contributed by atoms with Crippen molar-refractivity contribution in [3.05, 3.63) is 18.0 Å². The third-order valence-electron chi connectivity index (χ3n) is 2.86. The van der Waals surface area contributed by atoms with Crippen LogP contribution < -0.4 is 10.6 Å². The first-order valence-corrected chi connectivity index (χ1v) is 7.20. The summed E-state index contributed by atoms with van der Waals surface area (Å²) < 4.78 is 4.79. The summed E-state index contributed by atoms with van der Waals surface area (Å²) in [6, 6.07) is 2.26. The molecule has 0 saturated carbocycles. The van der Waals surface area contributed by atoms with Crippen LogP contribution in [0.4, 0.5) is 0 Å². The van der Waals surface area contributed by atoms with Crippen molar-refractivity contribution in [1.82, 2.24) is 15.8 Å². The van der Waals surface area contributed by atoms with E-state index in [1.807, 2.05) is 6.07 Å². The molecule has 5 nitrogen and oxygen atoms in total. The smallest absolute Gasteiger partial charge is 0.191 e. The average molecular weight is 266 g/mol. The minimum atomic E-state index is 0.432. The van der Waals surface area contributed by atoms with Crippen LogP contribution in [-0.4, -0.2) is 23.7 Å². The fourth-order valence-corrected chi connectivity index (χ4v) is 1.81. The average Bonchev–Trinajstić information content (AvgIpc) is 2.89. The maximum atomic E-state index is 4.79. The molecule has 0 aromatic carbocycles. The second-order valence-electron chi connectivity index (χ2n) is 4.73. The first-order chi connectivity index (χ1) is 9.26. The fourth-order valence-electron chi connectivity index (χ4n) is 1.81. The standard InChI is InChI=1S/C14H26N4O/c1-4-6-7-8-12(3)17-14(15-5-2)16-11-13-9-10-19-18-13/h9-10,12H,4-8,11H2,1-3H3,(H2,15,16,17). The van der Waals surface area contributed by atoms with E-state index >= 15 is 0 Å². The lowest BCUT2D eigenvalue weighted by atomic mass is 10.1. The Morgan fingerprint density at radius 2 is 2.26 bits per heavy atom. The van der Waals surface area contributed by atoms with Gasteiger partial charge < -0.3 is 15.2 Å². The van der Waals surface area contributed by atoms with Gasteiger partial charge in [-0.15, -0.1) is 0 Å². The molecule has 1 atom stereocenters. The van der Waals surface area contributed by atoms with Gasteiger partial charge in [0.25, 0.3) is 0 Å². The molecule has 0 bridgehead atoms. The Morgan fingerprint density at radius 1 is 1.42 bits per heavy atom. The summed E-state index contributed by atoms with van der Waals surface area (Å²) >= 11 is 0. The number of aliphatic imine (C=N–C) groups is 1. The Bertz CT molecular complexity index is 348. The van der Waals surface area contributed by atoms with Crippen LogP contribution in [0.2, 0.25) is 0 Å². The Kier molecular flexibility index (Phi) is 7.70. The molecule has 5 heteroatoms. The molecule has 0 fully saturated rings. The Labute approximate surface area is 115 Å². The normalized spacial score (nSPS) is 13.3. The third-order valence-corrected chi connectivity index (χ3v) is 2.86. The molecule has 0 radical (unpaired) electrons. The highest BCUT2D eigenvalue weighted by atomic mass is 16.5. The van der Waals surface area contributed by atoms with Crippen LogP contribution in [0.5, 0.6) is 0 Å². The summed E-state index contributed by atoms with van der Waals surface area (Å²) in [5.41, 5.74) is 0.843. The predicted molar refractivity (Wildman–Crippen MR) is 78.1 cm³/mol. The van der Waals surface area contributed by atoms with Crippen LogP contribution in [-0.2, 0) is 6.54 Å². The number of aromatic nitrogens is 1. The highest BCUT2D eigenvalue weighted by Crippen LogP contribution is 2.03. The first kappa shape index (κ1) is 15.5. The minimum Gasteiger partial charge on any atom is -0.364 e. The summed E-state index contributed by atoms with van der Waals surface area (Å²) in [7, 11) is 0. The van der Waals surface area contributed by atoms with E-state index in [-0.39, 0.29) is 0 Å². The van der Waals surface area contributed by atoms with Gasteiger partial charge in [0, 0.05) is 18.7 Å². The number of guanidine groups is 1. The van der Waals surface area contributed by atoms with Gasteiger partial charge in [-0.1, -0.05) is 31.3 Å². The zero-order valence-corrected chi connectivity index (χ0v) is 12.3. The predicted octanol–water partition coefficient (Wildman–Crippen LogP) is 2.70. The van der Waals surface area contributed by atoms with Crippen LogP contribution in [0.15, 0.2) is 21.8 Å². The van der Waals surface area contributed by atoms with E-state index in [1.54, 1.807) is 6.26 Å². The van der Waals surface area contributed by atoms with Gasteiger partial charge in [0.2, 0.25) is 0 Å². The van der Waals surface area contributed by atoms with Gasteiger partial charge in [0.05, 0.1) is 6.54 Å². The molecule has 0 amide bonds. The molecule has 1 aromatic rings. The van der Waals surface area contributed by atoms with Crippen LogP contribution in [0.25, 0.3) is 0 Å². The van der Waals surface area contributed by atoms with Gasteiger partial charge in [0.15, 0.2) is 5.96 Å². The van der Waals surface area contributed by atoms with Crippen molar-refractivity contribution >= 4 is 5.96 Å². The number of hydrogen-bond donors (Lipinski definition) is 2. The summed E-state index contributed by atoms with van der Waals surface area (Å²) in [5, 5.41) is 10.5. The lowest BCUT2D eigenvalue weighted by Crippen LogP contribution is -2.42. The zero-order chi connectivity index (χ0) is 13.9. The van der Waals surface area contributed by atoms with E-state index in [0.29, 0.717) is 12.6 Å². The third kappa shape index (κ3) is 6.84. The van der Waals surface area contributed by atoms with Gasteiger partial charge in [-0.2, -0.15) is 0 Å². The van der Waals surface area contributed by atoms with Gasteiger partial charge in [-0.05, 0) is 20.3 Å². The molecule has 1 aromatic heterocycles. The highest BCUT2D eigenvalue weighted by molar-refractivity contribution is 5.79. The number of nitrogens with one attached hydrogen (secondary N) is 2. The van der Waals surface area contributed by atoms with Crippen molar-refractivity contribution in [2.45, 2.75) is 59.0 Å². The van der Waals surface area contributed by atoms with Crippen LogP contribution in [0, 0.1) is 0 Å². The molecule has 0 aliphatic rings. The van der Waals surface area contributed by atoms with Gasteiger partial charge in [-0.25, -0.2) is 4.99 Å². The van der Waals surface area contributed by atoms with Crippen molar-refractivity contribution in [1.29, 1.82) is 0 Å². The maximum Gasteiger partial charge on any atom is 0.191 e. The second-order valence-corrected chi connectivity index (χ2v) is 4.73. The lowest BCUT2D eigenvalue weighted by Gasteiger charge is -2.17. The lowest BCUT2D eigenvalue weighted by molar-refractivity contribution is 0.412. The molecular formula is C14H26N4O. The topological polar surface area (TPSA) is 62.5 Å². The first-order valence-electron chi connectivity index (χ1n) is 7.20. The second kappa shape index (κ2) is 9.42. The Hall–Kier alpha value is -1.52. The van der Waals surface area contributed by atoms with Gasteiger partial charge >= 0.3 is 0 Å². The van der Waals surface area contributed by atoms with E-state index < -0.39 is 0 Å². The molecule has 0 saturated heterocycles. The number of unbranched alkanes of at least 4 members (excludes halogenated alkanes) is 2. The van der Waals surface area contributed by atoms with E-state index in [4.69, 9.17) is 4.52 Å². The fraction of sp³-hybridized carbons (Fsp3) is 0.714. The van der Waals surface area contributed by atoms with Crippen molar-refractivity contribution in [3.8, 4) is 0 Å². The number of rotatable bonds is 8.